The Morgan fingerprint density at radius 3 is 2.52 bits per heavy atom. The quantitative estimate of drug-likeness (QED) is 0.424. The number of ether oxygens (including phenoxy) is 1. The highest BCUT2D eigenvalue weighted by molar-refractivity contribution is 5.78. The lowest BCUT2D eigenvalue weighted by molar-refractivity contribution is -0.148. The van der Waals surface area contributed by atoms with Gasteiger partial charge in [-0.2, -0.15) is 8.78 Å². The molecule has 1 fully saturated rings. The molecule has 1 rings (SSSR count). The van der Waals surface area contributed by atoms with Crippen LogP contribution in [-0.4, -0.2) is 18.7 Å². The SMILES string of the molecule is C#CC(OC(=O)C1C(C=C(F)F)C1(C)C)/C(F)=C/CCF. The van der Waals surface area contributed by atoms with Crippen LogP contribution >= 0.6 is 0 Å². The summed E-state index contributed by atoms with van der Waals surface area (Å²) < 4.78 is 54.9. The molecule has 0 heterocycles. The number of terminal acetylenes is 1. The van der Waals surface area contributed by atoms with Crippen molar-refractivity contribution in [2.24, 2.45) is 17.3 Å². The first-order valence-corrected chi connectivity index (χ1v) is 6.36. The van der Waals surface area contributed by atoms with E-state index in [1.54, 1.807) is 13.8 Å². The lowest BCUT2D eigenvalue weighted by atomic mass is 10.1. The van der Waals surface area contributed by atoms with Crippen LogP contribution in [0, 0.1) is 29.6 Å². The van der Waals surface area contributed by atoms with Crippen molar-refractivity contribution >= 4 is 5.97 Å². The summed E-state index contributed by atoms with van der Waals surface area (Å²) >= 11 is 0. The highest BCUT2D eigenvalue weighted by Gasteiger charge is 2.62. The minimum atomic E-state index is -1.88. The zero-order chi connectivity index (χ0) is 16.2. The fourth-order valence-electron chi connectivity index (χ4n) is 2.23. The third kappa shape index (κ3) is 4.10. The molecular weight excluding hydrogens is 288 g/mol. The second-order valence-electron chi connectivity index (χ2n) is 5.33. The molecule has 0 N–H and O–H groups in total. The van der Waals surface area contributed by atoms with E-state index in [1.165, 1.54) is 0 Å². The van der Waals surface area contributed by atoms with E-state index in [4.69, 9.17) is 11.2 Å². The Morgan fingerprint density at radius 2 is 2.05 bits per heavy atom. The average molecular weight is 304 g/mol. The molecule has 0 aromatic rings. The maximum atomic E-state index is 13.5. The lowest BCUT2D eigenvalue weighted by Gasteiger charge is -2.11. The van der Waals surface area contributed by atoms with E-state index in [0.717, 1.165) is 6.08 Å². The molecule has 1 saturated carbocycles. The molecule has 0 aliphatic heterocycles. The number of rotatable bonds is 6. The molecule has 3 unspecified atom stereocenters. The van der Waals surface area contributed by atoms with Gasteiger partial charge in [0.05, 0.1) is 12.6 Å². The van der Waals surface area contributed by atoms with Crippen molar-refractivity contribution in [2.75, 3.05) is 6.67 Å². The lowest BCUT2D eigenvalue weighted by Crippen LogP contribution is -2.20. The third-order valence-electron chi connectivity index (χ3n) is 3.55. The Kier molecular flexibility index (Phi) is 5.59. The predicted octanol–water partition coefficient (Wildman–Crippen LogP) is 3.80. The predicted molar refractivity (Wildman–Crippen MR) is 69.6 cm³/mol. The second kappa shape index (κ2) is 6.79. The Hall–Kier alpha value is -1.77. The highest BCUT2D eigenvalue weighted by Crippen LogP contribution is 2.60. The third-order valence-corrected chi connectivity index (χ3v) is 3.55. The van der Waals surface area contributed by atoms with Crippen molar-refractivity contribution in [1.82, 2.24) is 0 Å². The van der Waals surface area contributed by atoms with Gasteiger partial charge in [0.1, 0.15) is 5.83 Å². The summed E-state index contributed by atoms with van der Waals surface area (Å²) in [6, 6.07) is 0. The molecule has 6 heteroatoms. The minimum Gasteiger partial charge on any atom is -0.441 e. The van der Waals surface area contributed by atoms with Gasteiger partial charge < -0.3 is 4.74 Å². The van der Waals surface area contributed by atoms with Gasteiger partial charge in [-0.3, -0.25) is 9.18 Å². The molecule has 3 atom stereocenters. The van der Waals surface area contributed by atoms with Crippen LogP contribution in [-0.2, 0) is 9.53 Å². The van der Waals surface area contributed by atoms with Gasteiger partial charge in [0.25, 0.3) is 6.08 Å². The van der Waals surface area contributed by atoms with Crippen molar-refractivity contribution in [2.45, 2.75) is 26.4 Å². The van der Waals surface area contributed by atoms with E-state index >= 15 is 0 Å². The first kappa shape index (κ1) is 17.3. The first-order chi connectivity index (χ1) is 9.75. The topological polar surface area (TPSA) is 26.3 Å². The zero-order valence-corrected chi connectivity index (χ0v) is 11.7. The molecule has 0 spiro atoms. The van der Waals surface area contributed by atoms with Crippen LogP contribution in [0.15, 0.2) is 24.1 Å². The maximum Gasteiger partial charge on any atom is 0.311 e. The van der Waals surface area contributed by atoms with Gasteiger partial charge in [-0.1, -0.05) is 19.8 Å². The van der Waals surface area contributed by atoms with Crippen LogP contribution in [0.3, 0.4) is 0 Å². The van der Waals surface area contributed by atoms with E-state index in [-0.39, 0.29) is 6.42 Å². The van der Waals surface area contributed by atoms with Gasteiger partial charge in [0, 0.05) is 5.92 Å². The molecule has 21 heavy (non-hydrogen) atoms. The molecule has 0 radical (unpaired) electrons. The summed E-state index contributed by atoms with van der Waals surface area (Å²) in [7, 11) is 0. The molecule has 2 nitrogen and oxygen atoms in total. The summed E-state index contributed by atoms with van der Waals surface area (Å²) in [5, 5.41) is 0. The highest BCUT2D eigenvalue weighted by atomic mass is 19.3. The number of alkyl halides is 1. The largest absolute Gasteiger partial charge is 0.441 e. The van der Waals surface area contributed by atoms with E-state index < -0.39 is 47.9 Å². The number of allylic oxidation sites excluding steroid dienone is 2. The summed E-state index contributed by atoms with van der Waals surface area (Å²) in [5.41, 5.74) is -0.696. The standard InChI is InChI=1S/C15H16F4O2/c1-4-11(10(17)6-5-7-16)21-14(20)13-9(8-12(18)19)15(13,2)3/h1,6,8-9,11,13H,5,7H2,2-3H3/b10-6-. The van der Waals surface area contributed by atoms with E-state index in [2.05, 4.69) is 0 Å². The van der Waals surface area contributed by atoms with Gasteiger partial charge in [0.15, 0.2) is 0 Å². The Balaban J connectivity index is 2.73. The summed E-state index contributed by atoms with van der Waals surface area (Å²) in [6.07, 6.45) is 3.02. The van der Waals surface area contributed by atoms with Gasteiger partial charge in [-0.25, -0.2) is 4.39 Å². The fraction of sp³-hybridized carbons (Fsp3) is 0.533. The van der Waals surface area contributed by atoms with Crippen LogP contribution in [0.2, 0.25) is 0 Å². The number of hydrogen-bond acceptors (Lipinski definition) is 2. The molecular formula is C15H16F4O2. The molecule has 0 saturated heterocycles. The first-order valence-electron chi connectivity index (χ1n) is 6.36. The Labute approximate surface area is 120 Å². The summed E-state index contributed by atoms with van der Waals surface area (Å²) in [4.78, 5) is 11.9. The smallest absolute Gasteiger partial charge is 0.311 e. The normalized spacial score (nSPS) is 24.7. The van der Waals surface area contributed by atoms with Crippen LogP contribution < -0.4 is 0 Å². The monoisotopic (exact) mass is 304 g/mol. The Morgan fingerprint density at radius 1 is 1.43 bits per heavy atom. The van der Waals surface area contributed by atoms with Gasteiger partial charge >= 0.3 is 5.97 Å². The molecule has 0 aromatic heterocycles. The van der Waals surface area contributed by atoms with Crippen molar-refractivity contribution in [1.29, 1.82) is 0 Å². The van der Waals surface area contributed by atoms with Crippen LogP contribution in [0.1, 0.15) is 20.3 Å². The van der Waals surface area contributed by atoms with Crippen molar-refractivity contribution < 1.29 is 27.1 Å². The van der Waals surface area contributed by atoms with E-state index in [0.29, 0.717) is 6.08 Å². The summed E-state index contributed by atoms with van der Waals surface area (Å²) in [6.45, 7) is 2.49. The Bertz CT molecular complexity index is 498. The van der Waals surface area contributed by atoms with Crippen molar-refractivity contribution in [3.63, 3.8) is 0 Å². The molecule has 0 bridgehead atoms. The molecule has 1 aliphatic carbocycles. The van der Waals surface area contributed by atoms with E-state index in [9.17, 15) is 22.4 Å². The molecule has 0 amide bonds. The average Bonchev–Trinajstić information content (AvgIpc) is 2.93. The van der Waals surface area contributed by atoms with Crippen LogP contribution in [0.5, 0.6) is 0 Å². The molecule has 1 aliphatic rings. The fourth-order valence-corrected chi connectivity index (χ4v) is 2.23. The maximum absolute atomic E-state index is 13.5. The number of carbonyl (C=O) groups is 1. The number of halogens is 4. The second-order valence-corrected chi connectivity index (χ2v) is 5.33. The van der Waals surface area contributed by atoms with Crippen molar-refractivity contribution in [3.05, 3.63) is 24.1 Å². The number of carbonyl (C=O) groups excluding carboxylic acids is 1. The van der Waals surface area contributed by atoms with Crippen LogP contribution in [0.25, 0.3) is 0 Å². The summed E-state index contributed by atoms with van der Waals surface area (Å²) in [5.74, 6) is -1.32. The van der Waals surface area contributed by atoms with Gasteiger partial charge in [0.2, 0.25) is 6.10 Å². The van der Waals surface area contributed by atoms with Crippen LogP contribution in [0.4, 0.5) is 17.6 Å². The zero-order valence-electron chi connectivity index (χ0n) is 11.7. The minimum absolute atomic E-state index is 0.186. The van der Waals surface area contributed by atoms with Gasteiger partial charge in [-0.05, 0) is 24.0 Å². The van der Waals surface area contributed by atoms with Crippen molar-refractivity contribution in [3.8, 4) is 12.3 Å². The number of hydrogen-bond donors (Lipinski definition) is 0. The molecule has 0 aromatic carbocycles. The number of esters is 1. The van der Waals surface area contributed by atoms with Gasteiger partial charge in [-0.15, -0.1) is 6.42 Å². The van der Waals surface area contributed by atoms with E-state index in [1.807, 2.05) is 5.92 Å². The molecule has 116 valence electrons.